The molecule has 1 fully saturated rings. The minimum absolute atomic E-state index is 0.185. The highest BCUT2D eigenvalue weighted by Gasteiger charge is 2.31. The summed E-state index contributed by atoms with van der Waals surface area (Å²) in [4.78, 5) is 0. The molecule has 0 bridgehead atoms. The van der Waals surface area contributed by atoms with Crippen LogP contribution in [0.25, 0.3) is 0 Å². The monoisotopic (exact) mass is 266 g/mol. The van der Waals surface area contributed by atoms with Crippen LogP contribution in [0.3, 0.4) is 0 Å². The first-order valence-electron chi connectivity index (χ1n) is 4.22. The lowest BCUT2D eigenvalue weighted by Gasteiger charge is -2.36. The lowest BCUT2D eigenvalue weighted by Crippen LogP contribution is -2.32. The quantitative estimate of drug-likeness (QED) is 0.779. The maximum Gasteiger partial charge on any atom is 0.0756 e. The minimum atomic E-state index is -0.185. The van der Waals surface area contributed by atoms with E-state index in [0.29, 0.717) is 5.92 Å². The number of aliphatic hydroxyl groups excluding tert-OH is 1. The Morgan fingerprint density at radius 2 is 2.27 bits per heavy atom. The highest BCUT2D eigenvalue weighted by molar-refractivity contribution is 14.1. The summed E-state index contributed by atoms with van der Waals surface area (Å²) in [6, 6.07) is 0. The molecule has 0 radical (unpaired) electrons. The lowest BCUT2D eigenvalue weighted by molar-refractivity contribution is 0.0572. The average Bonchev–Trinajstić information content (AvgIpc) is 1.86. The molecular weight excluding hydrogens is 251 g/mol. The van der Waals surface area contributed by atoms with Crippen molar-refractivity contribution in [2.45, 2.75) is 32.3 Å². The summed E-state index contributed by atoms with van der Waals surface area (Å²) < 4.78 is 1.90. The molecule has 2 heteroatoms. The van der Waals surface area contributed by atoms with Crippen molar-refractivity contribution in [3.8, 4) is 0 Å². The first-order chi connectivity index (χ1) is 5.27. The van der Waals surface area contributed by atoms with E-state index in [4.69, 9.17) is 0 Å². The van der Waals surface area contributed by atoms with Crippen molar-refractivity contribution in [1.82, 2.24) is 0 Å². The Hall–Kier alpha value is 0.430. The lowest BCUT2D eigenvalue weighted by atomic mass is 9.71. The molecule has 0 spiro atoms. The Bertz CT molecular complexity index is 138. The first-order valence-corrected chi connectivity index (χ1v) is 5.47. The Morgan fingerprint density at radius 1 is 1.64 bits per heavy atom. The van der Waals surface area contributed by atoms with Gasteiger partial charge in [-0.1, -0.05) is 35.9 Å². The van der Waals surface area contributed by atoms with Crippen LogP contribution in [0.1, 0.15) is 26.2 Å². The largest absolute Gasteiger partial charge is 0.389 e. The third kappa shape index (κ3) is 2.44. The van der Waals surface area contributed by atoms with Crippen LogP contribution in [-0.4, -0.2) is 11.2 Å². The molecule has 1 saturated carbocycles. The molecule has 64 valence electrons. The molecule has 1 atom stereocenters. The molecular formula is C9H15IO. The number of hydrogen-bond donors (Lipinski definition) is 1. The van der Waals surface area contributed by atoms with Crippen molar-refractivity contribution in [2.24, 2.45) is 11.8 Å². The predicted molar refractivity (Wildman–Crippen MR) is 55.7 cm³/mol. The van der Waals surface area contributed by atoms with Gasteiger partial charge in [0.05, 0.1) is 6.10 Å². The van der Waals surface area contributed by atoms with Gasteiger partial charge in [0.15, 0.2) is 0 Å². The summed E-state index contributed by atoms with van der Waals surface area (Å²) in [5.74, 6) is 1.43. The molecule has 1 N–H and O–H groups in total. The van der Waals surface area contributed by atoms with E-state index in [1.807, 2.05) is 10.2 Å². The molecule has 0 aromatic rings. The first kappa shape index (κ1) is 9.52. The Labute approximate surface area is 82.0 Å². The molecule has 0 aromatic carbocycles. The minimum Gasteiger partial charge on any atom is -0.389 e. The van der Waals surface area contributed by atoms with Crippen molar-refractivity contribution in [2.75, 3.05) is 0 Å². The van der Waals surface area contributed by atoms with E-state index in [9.17, 15) is 5.11 Å². The molecule has 1 rings (SSSR count). The van der Waals surface area contributed by atoms with Crippen LogP contribution in [0.15, 0.2) is 10.2 Å². The fourth-order valence-electron chi connectivity index (χ4n) is 1.63. The molecule has 0 aliphatic heterocycles. The second-order valence-corrected chi connectivity index (χ2v) is 4.03. The maximum atomic E-state index is 9.49. The van der Waals surface area contributed by atoms with Gasteiger partial charge in [-0.05, 0) is 34.8 Å². The van der Waals surface area contributed by atoms with Gasteiger partial charge >= 0.3 is 0 Å². The number of rotatable bonds is 3. The average molecular weight is 266 g/mol. The molecule has 1 unspecified atom stereocenters. The molecule has 0 aromatic heterocycles. The Morgan fingerprint density at radius 3 is 2.73 bits per heavy atom. The maximum absolute atomic E-state index is 9.49. The van der Waals surface area contributed by atoms with Gasteiger partial charge in [0.1, 0.15) is 0 Å². The summed E-state index contributed by atoms with van der Waals surface area (Å²) in [5, 5.41) is 9.49. The van der Waals surface area contributed by atoms with Crippen LogP contribution in [-0.2, 0) is 0 Å². The predicted octanol–water partition coefficient (Wildman–Crippen LogP) is 2.73. The topological polar surface area (TPSA) is 20.2 Å². The van der Waals surface area contributed by atoms with Crippen LogP contribution in [0, 0.1) is 11.8 Å². The Balaban J connectivity index is 2.20. The van der Waals surface area contributed by atoms with Crippen molar-refractivity contribution in [3.63, 3.8) is 0 Å². The van der Waals surface area contributed by atoms with E-state index in [2.05, 4.69) is 29.5 Å². The van der Waals surface area contributed by atoms with Gasteiger partial charge in [0.2, 0.25) is 0 Å². The summed E-state index contributed by atoms with van der Waals surface area (Å²) >= 11 is 2.15. The number of hydrogen-bond acceptors (Lipinski definition) is 1. The smallest absolute Gasteiger partial charge is 0.0756 e. The molecule has 1 nitrogen and oxygen atoms in total. The Kier molecular flexibility index (Phi) is 3.85. The van der Waals surface area contributed by atoms with E-state index in [1.54, 1.807) is 0 Å². The highest BCUT2D eigenvalue weighted by Crippen LogP contribution is 2.38. The fraction of sp³-hybridized carbons (Fsp3) is 0.778. The van der Waals surface area contributed by atoms with Gasteiger partial charge in [0.25, 0.3) is 0 Å². The summed E-state index contributed by atoms with van der Waals surface area (Å²) in [6.07, 6.45) is 5.42. The van der Waals surface area contributed by atoms with E-state index in [-0.39, 0.29) is 6.10 Å². The van der Waals surface area contributed by atoms with Crippen LogP contribution >= 0.6 is 22.6 Å². The van der Waals surface area contributed by atoms with Gasteiger partial charge in [-0.3, -0.25) is 0 Å². The van der Waals surface area contributed by atoms with Crippen LogP contribution in [0.5, 0.6) is 0 Å². The third-order valence-corrected chi connectivity index (χ3v) is 3.02. The standard InChI is InChI=1S/C9H15IO/c1-2-7-5-8(6-7)9(11)3-4-10/h3-4,7-9,11H,2,5-6H2,1H3. The zero-order valence-corrected chi connectivity index (χ0v) is 8.99. The molecule has 11 heavy (non-hydrogen) atoms. The third-order valence-electron chi connectivity index (χ3n) is 2.60. The summed E-state index contributed by atoms with van der Waals surface area (Å²) in [6.45, 7) is 2.22. The van der Waals surface area contributed by atoms with E-state index < -0.39 is 0 Å². The van der Waals surface area contributed by atoms with Gasteiger partial charge in [-0.25, -0.2) is 0 Å². The molecule has 1 aliphatic rings. The van der Waals surface area contributed by atoms with Gasteiger partial charge in [-0.15, -0.1) is 0 Å². The van der Waals surface area contributed by atoms with E-state index in [1.165, 1.54) is 19.3 Å². The van der Waals surface area contributed by atoms with E-state index in [0.717, 1.165) is 5.92 Å². The fourth-order valence-corrected chi connectivity index (χ4v) is 2.06. The molecule has 0 amide bonds. The molecule has 0 saturated heterocycles. The van der Waals surface area contributed by atoms with Gasteiger partial charge in [-0.2, -0.15) is 0 Å². The second kappa shape index (κ2) is 4.45. The van der Waals surface area contributed by atoms with Crippen LogP contribution in [0.4, 0.5) is 0 Å². The normalized spacial score (nSPS) is 33.7. The highest BCUT2D eigenvalue weighted by atomic mass is 127. The van der Waals surface area contributed by atoms with Crippen molar-refractivity contribution in [1.29, 1.82) is 0 Å². The number of aliphatic hydroxyl groups is 1. The van der Waals surface area contributed by atoms with Crippen LogP contribution in [0.2, 0.25) is 0 Å². The SMILES string of the molecule is CCC1CC(C(O)C=CI)C1. The number of halogens is 1. The second-order valence-electron chi connectivity index (χ2n) is 3.31. The van der Waals surface area contributed by atoms with Gasteiger partial charge < -0.3 is 5.11 Å². The zero-order chi connectivity index (χ0) is 8.27. The van der Waals surface area contributed by atoms with E-state index >= 15 is 0 Å². The van der Waals surface area contributed by atoms with Crippen molar-refractivity contribution in [3.05, 3.63) is 10.2 Å². The van der Waals surface area contributed by atoms with Gasteiger partial charge in [0, 0.05) is 0 Å². The summed E-state index contributed by atoms with van der Waals surface area (Å²) in [7, 11) is 0. The molecule has 1 aliphatic carbocycles. The zero-order valence-electron chi connectivity index (χ0n) is 6.83. The van der Waals surface area contributed by atoms with Crippen molar-refractivity contribution < 1.29 is 5.11 Å². The summed E-state index contributed by atoms with van der Waals surface area (Å²) in [5.41, 5.74) is 0. The van der Waals surface area contributed by atoms with Crippen molar-refractivity contribution >= 4 is 22.6 Å². The molecule has 0 heterocycles. The van der Waals surface area contributed by atoms with Crippen LogP contribution < -0.4 is 0 Å².